The molecule has 0 fully saturated rings. The molecule has 0 N–H and O–H groups in total. The van der Waals surface area contributed by atoms with E-state index in [9.17, 15) is 0 Å². The molecule has 9 rings (SSSR count). The van der Waals surface area contributed by atoms with Crippen LogP contribution < -0.4 is 20.2 Å². The smallest absolute Gasteiger partial charge is 0.0775 e. The highest BCUT2D eigenvalue weighted by Crippen LogP contribution is 2.48. The number of nitrogens with zero attached hydrogens (tertiary/aromatic N) is 2. The summed E-state index contributed by atoms with van der Waals surface area (Å²) in [5, 5.41) is 13.2. The summed E-state index contributed by atoms with van der Waals surface area (Å²) in [7, 11) is -2.88. The largest absolute Gasteiger partial charge is 0.310 e. The van der Waals surface area contributed by atoms with Gasteiger partial charge in [0.1, 0.15) is 0 Å². The quantitative estimate of drug-likeness (QED) is 0.0872. The number of fused-ring (bicyclic) bond motifs is 2. The fraction of sp³-hybridized carbons (Fsp3) is 0.120. The molecule has 0 aliphatic carbocycles. The molecule has 54 heavy (non-hydrogen) atoms. The molecule has 9 aromatic carbocycles. The summed E-state index contributed by atoms with van der Waals surface area (Å²) < 4.78 is 0. The van der Waals surface area contributed by atoms with Gasteiger partial charge in [-0.25, -0.2) is 0 Å². The molecule has 0 bridgehead atoms. The van der Waals surface area contributed by atoms with Gasteiger partial charge in [-0.05, 0) is 93.0 Å². The summed E-state index contributed by atoms with van der Waals surface area (Å²) in [6.45, 7) is 14.5. The van der Waals surface area contributed by atoms with Crippen molar-refractivity contribution in [3.05, 3.63) is 170 Å². The second-order valence-corrected chi connectivity index (χ2v) is 26.8. The first-order valence-electron chi connectivity index (χ1n) is 19.1. The van der Waals surface area contributed by atoms with Gasteiger partial charge in [-0.3, -0.25) is 0 Å². The number of hydrogen-bond donors (Lipinski definition) is 0. The fourth-order valence-electron chi connectivity index (χ4n) is 8.30. The lowest BCUT2D eigenvalue weighted by molar-refractivity contribution is 1.30. The Morgan fingerprint density at radius 1 is 0.278 bits per heavy atom. The molecule has 9 aromatic rings. The predicted octanol–water partition coefficient (Wildman–Crippen LogP) is 13.8. The standard InChI is InChI=1S/C50H46N2Si2/c1-53(2,3)39-27-23-37(24-28-39)51(35-15-9-7-10-16-35)47-33-31-43-42-20-14-22-46-48(34-32-44(50(42)46)41-19-13-21-45(47)49(41)43)52(36-17-11-8-12-18-36)38-25-29-40(30-26-38)54(4,5)6/h7-34H,1-6H3. The molecule has 0 saturated heterocycles. The van der Waals surface area contributed by atoms with E-state index in [1.165, 1.54) is 76.2 Å². The number of hydrogen-bond acceptors (Lipinski definition) is 2. The van der Waals surface area contributed by atoms with Gasteiger partial charge in [-0.1, -0.05) is 159 Å². The maximum atomic E-state index is 2.43. The van der Waals surface area contributed by atoms with Crippen molar-refractivity contribution in [1.82, 2.24) is 0 Å². The number of rotatable bonds is 8. The van der Waals surface area contributed by atoms with E-state index in [2.05, 4.69) is 219 Å². The van der Waals surface area contributed by atoms with Crippen LogP contribution in [0.2, 0.25) is 39.3 Å². The molecule has 0 atom stereocenters. The normalized spacial score (nSPS) is 12.3. The summed E-state index contributed by atoms with van der Waals surface area (Å²) in [5.74, 6) is 0. The van der Waals surface area contributed by atoms with Gasteiger partial charge in [0, 0.05) is 33.5 Å². The molecule has 0 amide bonds. The first kappa shape index (κ1) is 34.1. The van der Waals surface area contributed by atoms with Crippen molar-refractivity contribution in [3.8, 4) is 0 Å². The Balaban J connectivity index is 1.27. The van der Waals surface area contributed by atoms with Crippen molar-refractivity contribution in [1.29, 1.82) is 0 Å². The minimum absolute atomic E-state index is 1.15. The van der Waals surface area contributed by atoms with Crippen molar-refractivity contribution >= 4 is 104 Å². The highest BCUT2D eigenvalue weighted by molar-refractivity contribution is 6.89. The molecule has 0 aromatic heterocycles. The fourth-order valence-corrected chi connectivity index (χ4v) is 10.6. The van der Waals surface area contributed by atoms with Crippen LogP contribution in [0.25, 0.3) is 43.1 Å². The summed E-state index contributed by atoms with van der Waals surface area (Å²) in [6.07, 6.45) is 0. The van der Waals surface area contributed by atoms with Gasteiger partial charge < -0.3 is 9.80 Å². The lowest BCUT2D eigenvalue weighted by atomic mass is 9.88. The van der Waals surface area contributed by atoms with E-state index < -0.39 is 16.1 Å². The van der Waals surface area contributed by atoms with Crippen LogP contribution in [0.5, 0.6) is 0 Å². The molecular weight excluding hydrogens is 685 g/mol. The lowest BCUT2D eigenvalue weighted by Crippen LogP contribution is -2.37. The second kappa shape index (κ2) is 13.0. The van der Waals surface area contributed by atoms with Crippen molar-refractivity contribution in [2.24, 2.45) is 0 Å². The predicted molar refractivity (Wildman–Crippen MR) is 243 cm³/mol. The third-order valence-electron chi connectivity index (χ3n) is 11.1. The van der Waals surface area contributed by atoms with Gasteiger partial charge in [0.15, 0.2) is 0 Å². The molecule has 0 heterocycles. The number of anilines is 6. The van der Waals surface area contributed by atoms with Gasteiger partial charge in [0.05, 0.1) is 27.5 Å². The zero-order valence-corrected chi connectivity index (χ0v) is 34.1. The molecule has 0 radical (unpaired) electrons. The van der Waals surface area contributed by atoms with Crippen LogP contribution in [0.1, 0.15) is 0 Å². The molecule has 2 nitrogen and oxygen atoms in total. The minimum Gasteiger partial charge on any atom is -0.310 e. The Bertz CT molecular complexity index is 2550. The topological polar surface area (TPSA) is 6.48 Å². The summed E-state index contributed by atoms with van der Waals surface area (Å²) in [4.78, 5) is 4.86. The van der Waals surface area contributed by atoms with Crippen molar-refractivity contribution in [3.63, 3.8) is 0 Å². The van der Waals surface area contributed by atoms with Crippen LogP contribution >= 0.6 is 0 Å². The highest BCUT2D eigenvalue weighted by Gasteiger charge is 2.24. The van der Waals surface area contributed by atoms with Gasteiger partial charge in [-0.15, -0.1) is 0 Å². The van der Waals surface area contributed by atoms with Gasteiger partial charge in [-0.2, -0.15) is 0 Å². The minimum atomic E-state index is -1.44. The molecule has 0 spiro atoms. The van der Waals surface area contributed by atoms with Crippen LogP contribution in [0, 0.1) is 0 Å². The van der Waals surface area contributed by atoms with Gasteiger partial charge in [0.2, 0.25) is 0 Å². The van der Waals surface area contributed by atoms with Gasteiger partial charge >= 0.3 is 0 Å². The van der Waals surface area contributed by atoms with Crippen molar-refractivity contribution in [2.45, 2.75) is 39.3 Å². The molecular formula is C50H46N2Si2. The van der Waals surface area contributed by atoms with Crippen LogP contribution in [-0.2, 0) is 0 Å². The van der Waals surface area contributed by atoms with Crippen molar-refractivity contribution < 1.29 is 0 Å². The SMILES string of the molecule is C[Si](C)(C)c1ccc(N(c2ccccc2)c2ccc3c4cccc5c(N(c6ccccc6)c6ccc([Si](C)(C)C)cc6)ccc(c6cccc2c63)c54)cc1. The first-order valence-corrected chi connectivity index (χ1v) is 26.1. The molecule has 0 saturated carbocycles. The lowest BCUT2D eigenvalue weighted by Gasteiger charge is -2.29. The molecule has 0 unspecified atom stereocenters. The van der Waals surface area contributed by atoms with E-state index in [1.54, 1.807) is 0 Å². The monoisotopic (exact) mass is 730 g/mol. The summed E-state index contributed by atoms with van der Waals surface area (Å²) >= 11 is 0. The number of para-hydroxylation sites is 2. The maximum Gasteiger partial charge on any atom is 0.0775 e. The van der Waals surface area contributed by atoms with E-state index in [0.29, 0.717) is 0 Å². The van der Waals surface area contributed by atoms with E-state index >= 15 is 0 Å². The zero-order valence-electron chi connectivity index (χ0n) is 32.1. The van der Waals surface area contributed by atoms with Crippen LogP contribution in [0.4, 0.5) is 34.1 Å². The Morgan fingerprint density at radius 2 is 0.593 bits per heavy atom. The Labute approximate surface area is 321 Å². The molecule has 0 aliphatic rings. The van der Waals surface area contributed by atoms with Crippen LogP contribution in [0.3, 0.4) is 0 Å². The van der Waals surface area contributed by atoms with Crippen molar-refractivity contribution in [2.75, 3.05) is 9.80 Å². The average Bonchev–Trinajstić information content (AvgIpc) is 3.18. The zero-order chi connectivity index (χ0) is 37.2. The Hall–Kier alpha value is -5.69. The van der Waals surface area contributed by atoms with E-state index in [0.717, 1.165) is 11.4 Å². The third-order valence-corrected chi connectivity index (χ3v) is 15.2. The summed E-state index contributed by atoms with van der Waals surface area (Å²) in [6, 6.07) is 63.4. The van der Waals surface area contributed by atoms with Crippen LogP contribution in [-0.4, -0.2) is 16.1 Å². The molecule has 4 heteroatoms. The van der Waals surface area contributed by atoms with Crippen LogP contribution in [0.15, 0.2) is 170 Å². The highest BCUT2D eigenvalue weighted by atomic mass is 28.3. The molecule has 264 valence electrons. The van der Waals surface area contributed by atoms with Gasteiger partial charge in [0.25, 0.3) is 0 Å². The Morgan fingerprint density at radius 3 is 0.944 bits per heavy atom. The first-order chi connectivity index (χ1) is 26.1. The second-order valence-electron chi connectivity index (χ2n) is 16.7. The third kappa shape index (κ3) is 5.78. The Kier molecular flexibility index (Phi) is 8.22. The summed E-state index contributed by atoms with van der Waals surface area (Å²) in [5.41, 5.74) is 7.02. The van der Waals surface area contributed by atoms with E-state index in [-0.39, 0.29) is 0 Å². The maximum absolute atomic E-state index is 2.43. The average molecular weight is 731 g/mol. The van der Waals surface area contributed by atoms with E-state index in [4.69, 9.17) is 0 Å². The molecule has 0 aliphatic heterocycles. The number of benzene rings is 9. The van der Waals surface area contributed by atoms with E-state index in [1.807, 2.05) is 0 Å².